The van der Waals surface area contributed by atoms with Crippen molar-refractivity contribution in [3.8, 4) is 0 Å². The Hall–Kier alpha value is -0.300. The highest BCUT2D eigenvalue weighted by Crippen LogP contribution is 2.07. The van der Waals surface area contributed by atoms with Gasteiger partial charge in [0.15, 0.2) is 0 Å². The van der Waals surface area contributed by atoms with Crippen molar-refractivity contribution in [2.45, 2.75) is 51.6 Å². The van der Waals surface area contributed by atoms with Crippen molar-refractivity contribution < 1.29 is 5.11 Å². The molecule has 1 heteroatoms. The average Bonchev–Trinajstić information content (AvgIpc) is 1.99. The summed E-state index contributed by atoms with van der Waals surface area (Å²) in [5.41, 5.74) is 0. The highest BCUT2D eigenvalue weighted by atomic mass is 16.3. The molecular weight excluding hydrogens is 136 g/mol. The summed E-state index contributed by atoms with van der Waals surface area (Å²) >= 11 is 0. The van der Waals surface area contributed by atoms with Crippen LogP contribution in [-0.2, 0) is 0 Å². The van der Waals surface area contributed by atoms with Crippen LogP contribution in [0.3, 0.4) is 0 Å². The Balaban J connectivity index is 3.03. The van der Waals surface area contributed by atoms with Gasteiger partial charge < -0.3 is 5.11 Å². The summed E-state index contributed by atoms with van der Waals surface area (Å²) in [6.07, 6.45) is 7.74. The first-order valence-corrected chi connectivity index (χ1v) is 4.52. The van der Waals surface area contributed by atoms with Gasteiger partial charge in [0.25, 0.3) is 0 Å². The molecule has 0 aliphatic rings. The van der Waals surface area contributed by atoms with E-state index in [1.165, 1.54) is 25.3 Å². The second-order valence-corrected chi connectivity index (χ2v) is 2.97. The van der Waals surface area contributed by atoms with E-state index >= 15 is 0 Å². The molecule has 0 amide bonds. The SMILES string of the molecule is [CH]=CCC(O)CCCCCC. The minimum absolute atomic E-state index is 0.211. The number of unbranched alkanes of at least 4 members (excludes halogenated alkanes) is 3. The van der Waals surface area contributed by atoms with Crippen LogP contribution in [0.1, 0.15) is 45.4 Å². The van der Waals surface area contributed by atoms with Gasteiger partial charge in [-0.3, -0.25) is 0 Å². The second-order valence-electron chi connectivity index (χ2n) is 2.97. The van der Waals surface area contributed by atoms with E-state index in [9.17, 15) is 5.11 Å². The van der Waals surface area contributed by atoms with Gasteiger partial charge in [0.05, 0.1) is 6.10 Å². The van der Waals surface area contributed by atoms with Crippen molar-refractivity contribution >= 4 is 0 Å². The van der Waals surface area contributed by atoms with Crippen molar-refractivity contribution in [3.63, 3.8) is 0 Å². The monoisotopic (exact) mass is 155 g/mol. The molecule has 1 radical (unpaired) electrons. The molecule has 0 rings (SSSR count). The van der Waals surface area contributed by atoms with E-state index in [4.69, 9.17) is 6.58 Å². The largest absolute Gasteiger partial charge is 0.393 e. The molecule has 1 unspecified atom stereocenters. The third kappa shape index (κ3) is 7.60. The van der Waals surface area contributed by atoms with Crippen LogP contribution < -0.4 is 0 Å². The Morgan fingerprint density at radius 2 is 2.09 bits per heavy atom. The van der Waals surface area contributed by atoms with E-state index < -0.39 is 0 Å². The number of aliphatic hydroxyl groups is 1. The first-order chi connectivity index (χ1) is 5.31. The van der Waals surface area contributed by atoms with Crippen LogP contribution in [0, 0.1) is 6.58 Å². The van der Waals surface area contributed by atoms with Crippen LogP contribution >= 0.6 is 0 Å². The van der Waals surface area contributed by atoms with Crippen molar-refractivity contribution in [3.05, 3.63) is 12.7 Å². The molecule has 0 aromatic rings. The molecule has 0 bridgehead atoms. The zero-order valence-corrected chi connectivity index (χ0v) is 7.42. The molecule has 1 nitrogen and oxygen atoms in total. The maximum Gasteiger partial charge on any atom is 0.0574 e. The zero-order chi connectivity index (χ0) is 8.53. The quantitative estimate of drug-likeness (QED) is 0.560. The molecular formula is C10H19O. The average molecular weight is 155 g/mol. The molecule has 0 spiro atoms. The maximum atomic E-state index is 9.24. The number of rotatable bonds is 7. The Labute approximate surface area is 70.1 Å². The zero-order valence-electron chi connectivity index (χ0n) is 7.42. The maximum absolute atomic E-state index is 9.24. The van der Waals surface area contributed by atoms with Crippen LogP contribution in [0.2, 0.25) is 0 Å². The molecule has 1 N–H and O–H groups in total. The van der Waals surface area contributed by atoms with E-state index in [0.717, 1.165) is 12.8 Å². The van der Waals surface area contributed by atoms with Crippen molar-refractivity contribution in [2.24, 2.45) is 0 Å². The third-order valence-electron chi connectivity index (χ3n) is 1.80. The minimum atomic E-state index is -0.211. The fourth-order valence-electron chi connectivity index (χ4n) is 1.08. The lowest BCUT2D eigenvalue weighted by atomic mass is 10.1. The Morgan fingerprint density at radius 3 is 2.64 bits per heavy atom. The molecule has 0 aromatic carbocycles. The van der Waals surface area contributed by atoms with Crippen LogP contribution in [0.5, 0.6) is 0 Å². The smallest absolute Gasteiger partial charge is 0.0574 e. The molecule has 0 aromatic heterocycles. The Morgan fingerprint density at radius 1 is 1.36 bits per heavy atom. The molecule has 0 saturated carbocycles. The van der Waals surface area contributed by atoms with Gasteiger partial charge in [0.1, 0.15) is 0 Å². The molecule has 0 heterocycles. The first-order valence-electron chi connectivity index (χ1n) is 4.52. The van der Waals surface area contributed by atoms with Gasteiger partial charge in [-0.15, -0.1) is 0 Å². The van der Waals surface area contributed by atoms with Gasteiger partial charge >= 0.3 is 0 Å². The van der Waals surface area contributed by atoms with Crippen LogP contribution in [0.25, 0.3) is 0 Å². The lowest BCUT2D eigenvalue weighted by Gasteiger charge is -2.06. The topological polar surface area (TPSA) is 20.2 Å². The lowest BCUT2D eigenvalue weighted by molar-refractivity contribution is 0.164. The standard InChI is InChI=1S/C10H19O/c1-3-5-6-7-9-10(11)8-4-2/h2,4,10-11H,3,5-9H2,1H3. The molecule has 11 heavy (non-hydrogen) atoms. The molecule has 1 atom stereocenters. The van der Waals surface area contributed by atoms with Crippen LogP contribution in [-0.4, -0.2) is 11.2 Å². The van der Waals surface area contributed by atoms with Gasteiger partial charge in [-0.1, -0.05) is 45.3 Å². The summed E-state index contributed by atoms with van der Waals surface area (Å²) < 4.78 is 0. The minimum Gasteiger partial charge on any atom is -0.393 e. The highest BCUT2D eigenvalue weighted by molar-refractivity contribution is 4.69. The fourth-order valence-corrected chi connectivity index (χ4v) is 1.08. The predicted molar refractivity (Wildman–Crippen MR) is 48.3 cm³/mol. The van der Waals surface area contributed by atoms with Crippen molar-refractivity contribution in [1.29, 1.82) is 0 Å². The summed E-state index contributed by atoms with van der Waals surface area (Å²) in [6, 6.07) is 0. The van der Waals surface area contributed by atoms with Crippen LogP contribution in [0.4, 0.5) is 0 Å². The fraction of sp³-hybridized carbons (Fsp3) is 0.800. The van der Waals surface area contributed by atoms with E-state index in [1.807, 2.05) is 0 Å². The summed E-state index contributed by atoms with van der Waals surface area (Å²) in [4.78, 5) is 0. The summed E-state index contributed by atoms with van der Waals surface area (Å²) in [7, 11) is 0. The van der Waals surface area contributed by atoms with E-state index in [2.05, 4.69) is 6.92 Å². The summed E-state index contributed by atoms with van der Waals surface area (Å²) in [5, 5.41) is 9.24. The first kappa shape index (κ1) is 10.7. The lowest BCUT2D eigenvalue weighted by Crippen LogP contribution is -2.03. The Kier molecular flexibility index (Phi) is 7.59. The summed E-state index contributed by atoms with van der Waals surface area (Å²) in [5.74, 6) is 0. The van der Waals surface area contributed by atoms with Gasteiger partial charge in [-0.25, -0.2) is 0 Å². The molecule has 0 saturated heterocycles. The normalized spacial score (nSPS) is 12.9. The summed E-state index contributed by atoms with van der Waals surface area (Å²) in [6.45, 7) is 7.36. The van der Waals surface area contributed by atoms with E-state index in [1.54, 1.807) is 0 Å². The second kappa shape index (κ2) is 7.80. The number of hydrogen-bond acceptors (Lipinski definition) is 1. The number of hydrogen-bond donors (Lipinski definition) is 1. The van der Waals surface area contributed by atoms with Crippen molar-refractivity contribution in [1.82, 2.24) is 0 Å². The third-order valence-corrected chi connectivity index (χ3v) is 1.80. The van der Waals surface area contributed by atoms with Gasteiger partial charge in [-0.05, 0) is 12.8 Å². The molecule has 0 aliphatic heterocycles. The van der Waals surface area contributed by atoms with Gasteiger partial charge in [0.2, 0.25) is 0 Å². The van der Waals surface area contributed by atoms with Crippen molar-refractivity contribution in [2.75, 3.05) is 0 Å². The predicted octanol–water partition coefficient (Wildman–Crippen LogP) is 2.70. The van der Waals surface area contributed by atoms with E-state index in [-0.39, 0.29) is 6.10 Å². The number of aliphatic hydroxyl groups excluding tert-OH is 1. The van der Waals surface area contributed by atoms with E-state index in [0.29, 0.717) is 6.42 Å². The van der Waals surface area contributed by atoms with Gasteiger partial charge in [0, 0.05) is 0 Å². The Bertz CT molecular complexity index is 88.9. The van der Waals surface area contributed by atoms with Gasteiger partial charge in [-0.2, -0.15) is 0 Å². The molecule has 0 fully saturated rings. The molecule has 0 aliphatic carbocycles. The molecule has 65 valence electrons. The van der Waals surface area contributed by atoms with Crippen LogP contribution in [0.15, 0.2) is 6.08 Å². The highest BCUT2D eigenvalue weighted by Gasteiger charge is 1.99.